The monoisotopic (exact) mass is 332 g/mol. The summed E-state index contributed by atoms with van der Waals surface area (Å²) in [5, 5.41) is 8.82. The molecule has 9 heteroatoms. The van der Waals surface area contributed by atoms with Crippen molar-refractivity contribution in [3.63, 3.8) is 0 Å². The van der Waals surface area contributed by atoms with Crippen LogP contribution in [0.3, 0.4) is 0 Å². The zero-order valence-electron chi connectivity index (χ0n) is 11.4. The molecule has 0 spiro atoms. The van der Waals surface area contributed by atoms with Gasteiger partial charge in [-0.05, 0) is 25.0 Å². The zero-order valence-corrected chi connectivity index (χ0v) is 13.0. The first-order valence-electron chi connectivity index (χ1n) is 6.40. The third-order valence-corrected chi connectivity index (χ3v) is 6.40. The molecule has 1 aromatic heterocycles. The molecule has 1 fully saturated rings. The number of carboxylic acid groups (broad SMARTS) is 1. The lowest BCUT2D eigenvalue weighted by Crippen LogP contribution is -2.45. The van der Waals surface area contributed by atoms with Crippen molar-refractivity contribution in [2.24, 2.45) is 0 Å². The molecular formula is C12H16N2O5S2. The van der Waals surface area contributed by atoms with Crippen molar-refractivity contribution in [3.05, 3.63) is 17.0 Å². The van der Waals surface area contributed by atoms with Gasteiger partial charge in [0.15, 0.2) is 0 Å². The molecule has 1 aliphatic rings. The van der Waals surface area contributed by atoms with E-state index in [1.807, 2.05) is 0 Å². The van der Waals surface area contributed by atoms with Gasteiger partial charge in [-0.15, -0.1) is 11.3 Å². The number of sulfonamides is 1. The van der Waals surface area contributed by atoms with Crippen LogP contribution in [0.2, 0.25) is 0 Å². The molecule has 1 aromatic rings. The van der Waals surface area contributed by atoms with Gasteiger partial charge < -0.3 is 10.0 Å². The summed E-state index contributed by atoms with van der Waals surface area (Å²) in [5.41, 5.74) is 0. The van der Waals surface area contributed by atoms with Crippen molar-refractivity contribution in [2.45, 2.75) is 30.0 Å². The Balaban J connectivity index is 2.01. The second-order valence-corrected chi connectivity index (χ2v) is 7.85. The van der Waals surface area contributed by atoms with E-state index in [2.05, 4.69) is 4.72 Å². The molecule has 0 atom stereocenters. The highest BCUT2D eigenvalue weighted by Crippen LogP contribution is 2.23. The van der Waals surface area contributed by atoms with Crippen LogP contribution in [0.4, 0.5) is 0 Å². The van der Waals surface area contributed by atoms with Crippen molar-refractivity contribution in [3.8, 4) is 0 Å². The topological polar surface area (TPSA) is 104 Å². The molecule has 0 saturated carbocycles. The number of amides is 1. The van der Waals surface area contributed by atoms with E-state index in [-0.39, 0.29) is 21.0 Å². The lowest BCUT2D eigenvalue weighted by molar-refractivity contribution is -0.129. The summed E-state index contributed by atoms with van der Waals surface area (Å²) in [6, 6.07) is 2.34. The van der Waals surface area contributed by atoms with Gasteiger partial charge >= 0.3 is 5.97 Å². The highest BCUT2D eigenvalue weighted by molar-refractivity contribution is 7.91. The number of hydrogen-bond donors (Lipinski definition) is 2. The van der Waals surface area contributed by atoms with E-state index in [1.54, 1.807) is 4.90 Å². The molecule has 2 N–H and O–H groups in total. The van der Waals surface area contributed by atoms with E-state index < -0.39 is 16.0 Å². The molecule has 2 heterocycles. The van der Waals surface area contributed by atoms with Crippen LogP contribution in [0.15, 0.2) is 16.3 Å². The second-order valence-electron chi connectivity index (χ2n) is 4.83. The molecule has 0 bridgehead atoms. The zero-order chi connectivity index (χ0) is 15.6. The fourth-order valence-electron chi connectivity index (χ4n) is 2.17. The van der Waals surface area contributed by atoms with Crippen LogP contribution in [0, 0.1) is 0 Å². The number of likely N-dealkylation sites (tertiary alicyclic amines) is 1. The Bertz CT molecular complexity index is 644. The van der Waals surface area contributed by atoms with Gasteiger partial charge in [-0.25, -0.2) is 17.9 Å². The summed E-state index contributed by atoms with van der Waals surface area (Å²) in [5.74, 6) is -1.16. The van der Waals surface area contributed by atoms with Crippen molar-refractivity contribution < 1.29 is 23.1 Å². The van der Waals surface area contributed by atoms with Crippen LogP contribution >= 0.6 is 11.3 Å². The predicted molar refractivity (Wildman–Crippen MR) is 76.9 cm³/mol. The largest absolute Gasteiger partial charge is 0.477 e. The molecule has 1 saturated heterocycles. The molecule has 116 valence electrons. The van der Waals surface area contributed by atoms with Gasteiger partial charge in [0.1, 0.15) is 9.09 Å². The molecule has 0 aliphatic carbocycles. The Hall–Kier alpha value is -1.45. The maximum Gasteiger partial charge on any atom is 0.345 e. The smallest absolute Gasteiger partial charge is 0.345 e. The number of aromatic carboxylic acids is 1. The minimum atomic E-state index is -3.71. The number of carbonyl (C=O) groups excluding carboxylic acids is 1. The summed E-state index contributed by atoms with van der Waals surface area (Å²) in [4.78, 5) is 23.7. The van der Waals surface area contributed by atoms with Crippen molar-refractivity contribution in [1.29, 1.82) is 0 Å². The van der Waals surface area contributed by atoms with E-state index >= 15 is 0 Å². The number of carbonyl (C=O) groups is 2. The number of nitrogens with one attached hydrogen (secondary N) is 1. The van der Waals surface area contributed by atoms with E-state index in [0.29, 0.717) is 25.9 Å². The van der Waals surface area contributed by atoms with E-state index in [4.69, 9.17) is 5.11 Å². The van der Waals surface area contributed by atoms with Crippen LogP contribution in [-0.2, 0) is 14.8 Å². The molecule has 1 amide bonds. The van der Waals surface area contributed by atoms with Crippen LogP contribution in [0.25, 0.3) is 0 Å². The summed E-state index contributed by atoms with van der Waals surface area (Å²) in [6.45, 7) is 2.53. The predicted octanol–water partition coefficient (Wildman–Crippen LogP) is 0.736. The van der Waals surface area contributed by atoms with Gasteiger partial charge in [0.05, 0.1) is 0 Å². The average Bonchev–Trinajstić information content (AvgIpc) is 2.89. The third-order valence-electron chi connectivity index (χ3n) is 3.32. The molecule has 2 rings (SSSR count). The maximum atomic E-state index is 12.2. The number of thiophene rings is 1. The molecule has 21 heavy (non-hydrogen) atoms. The highest BCUT2D eigenvalue weighted by atomic mass is 32.2. The van der Waals surface area contributed by atoms with Crippen LogP contribution in [0.1, 0.15) is 29.4 Å². The SMILES string of the molecule is CC(=O)N1CCC(NS(=O)(=O)c2ccc(C(=O)O)s2)CC1. The first-order chi connectivity index (χ1) is 9.79. The number of hydrogen-bond acceptors (Lipinski definition) is 5. The summed E-state index contributed by atoms with van der Waals surface area (Å²) < 4.78 is 26.9. The third kappa shape index (κ3) is 3.80. The first-order valence-corrected chi connectivity index (χ1v) is 8.70. The summed E-state index contributed by atoms with van der Waals surface area (Å²) >= 11 is 0.727. The van der Waals surface area contributed by atoms with E-state index in [1.165, 1.54) is 19.1 Å². The quantitative estimate of drug-likeness (QED) is 0.846. The van der Waals surface area contributed by atoms with Gasteiger partial charge in [0.25, 0.3) is 0 Å². The Labute approximate surface area is 126 Å². The maximum absolute atomic E-state index is 12.2. The Morgan fingerprint density at radius 1 is 1.33 bits per heavy atom. The van der Waals surface area contributed by atoms with Gasteiger partial charge in [-0.3, -0.25) is 4.79 Å². The lowest BCUT2D eigenvalue weighted by atomic mass is 10.1. The Kier molecular flexibility index (Phi) is 4.64. The second kappa shape index (κ2) is 6.12. The summed E-state index contributed by atoms with van der Waals surface area (Å²) in [7, 11) is -3.71. The number of nitrogens with zero attached hydrogens (tertiary/aromatic N) is 1. The molecule has 0 radical (unpaired) electrons. The van der Waals surface area contributed by atoms with Crippen molar-refractivity contribution in [1.82, 2.24) is 9.62 Å². The minimum Gasteiger partial charge on any atom is -0.477 e. The first kappa shape index (κ1) is 15.9. The number of rotatable bonds is 4. The highest BCUT2D eigenvalue weighted by Gasteiger charge is 2.26. The Morgan fingerprint density at radius 2 is 1.95 bits per heavy atom. The van der Waals surface area contributed by atoms with Gasteiger partial charge in [-0.2, -0.15) is 0 Å². The van der Waals surface area contributed by atoms with E-state index in [0.717, 1.165) is 11.3 Å². The number of piperidine rings is 1. The molecular weight excluding hydrogens is 316 g/mol. The van der Waals surface area contributed by atoms with Crippen LogP contribution < -0.4 is 4.72 Å². The standard InChI is InChI=1S/C12H16N2O5S2/c1-8(15)14-6-4-9(5-7-14)13-21(18,19)11-3-2-10(20-11)12(16)17/h2-3,9,13H,4-7H2,1H3,(H,16,17). The van der Waals surface area contributed by atoms with Crippen molar-refractivity contribution in [2.75, 3.05) is 13.1 Å². The molecule has 1 aliphatic heterocycles. The minimum absolute atomic E-state index is 0.00565. The lowest BCUT2D eigenvalue weighted by Gasteiger charge is -2.31. The Morgan fingerprint density at radius 3 is 2.43 bits per heavy atom. The van der Waals surface area contributed by atoms with Crippen LogP contribution in [0.5, 0.6) is 0 Å². The molecule has 0 unspecified atom stereocenters. The van der Waals surface area contributed by atoms with Gasteiger partial charge in [-0.1, -0.05) is 0 Å². The normalized spacial score (nSPS) is 16.9. The molecule has 0 aromatic carbocycles. The van der Waals surface area contributed by atoms with Crippen molar-refractivity contribution >= 4 is 33.2 Å². The van der Waals surface area contributed by atoms with Gasteiger partial charge in [0.2, 0.25) is 15.9 Å². The van der Waals surface area contributed by atoms with E-state index in [9.17, 15) is 18.0 Å². The fraction of sp³-hybridized carbons (Fsp3) is 0.500. The fourth-order valence-corrected chi connectivity index (χ4v) is 4.64. The summed E-state index contributed by atoms with van der Waals surface area (Å²) in [6.07, 6.45) is 1.10. The number of carboxylic acids is 1. The van der Waals surface area contributed by atoms with Crippen LogP contribution in [-0.4, -0.2) is 49.4 Å². The van der Waals surface area contributed by atoms with Gasteiger partial charge in [0, 0.05) is 26.1 Å². The molecule has 7 nitrogen and oxygen atoms in total. The average molecular weight is 332 g/mol.